The van der Waals surface area contributed by atoms with Gasteiger partial charge in [0.1, 0.15) is 0 Å². The first-order valence-corrected chi connectivity index (χ1v) is 6.35. The number of alkyl halides is 2. The molecule has 1 N–H and O–H groups in total. The van der Waals surface area contributed by atoms with E-state index >= 15 is 0 Å². The highest BCUT2D eigenvalue weighted by Gasteiger charge is 2.38. The monoisotopic (exact) mass is 273 g/mol. The van der Waals surface area contributed by atoms with Crippen molar-refractivity contribution in [3.63, 3.8) is 0 Å². The van der Waals surface area contributed by atoms with Gasteiger partial charge in [0.25, 0.3) is 6.43 Å². The molecule has 1 heterocycles. The zero-order chi connectivity index (χ0) is 14.2. The Morgan fingerprint density at radius 3 is 2.63 bits per heavy atom. The largest absolute Gasteiger partial charge is 0.475 e. The molecule has 1 atom stereocenters. The first-order chi connectivity index (χ1) is 8.83. The normalized spacial score (nSPS) is 22.7. The van der Waals surface area contributed by atoms with Crippen LogP contribution in [-0.2, 0) is 0 Å². The van der Waals surface area contributed by atoms with Crippen molar-refractivity contribution in [2.45, 2.75) is 51.9 Å². The van der Waals surface area contributed by atoms with Gasteiger partial charge in [-0.15, -0.1) is 0 Å². The van der Waals surface area contributed by atoms with Gasteiger partial charge in [-0.05, 0) is 18.3 Å². The fourth-order valence-electron chi connectivity index (χ4n) is 2.75. The molecule has 1 aromatic heterocycles. The summed E-state index contributed by atoms with van der Waals surface area (Å²) in [5.74, 6) is -2.20. The molecule has 0 spiro atoms. The van der Waals surface area contributed by atoms with E-state index in [9.17, 15) is 13.6 Å². The molecule has 106 valence electrons. The van der Waals surface area contributed by atoms with Crippen LogP contribution in [0.1, 0.15) is 74.0 Å². The third-order valence-electron chi connectivity index (χ3n) is 3.88. The third kappa shape index (κ3) is 2.62. The van der Waals surface area contributed by atoms with Crippen LogP contribution in [-0.4, -0.2) is 16.1 Å². The van der Waals surface area contributed by atoms with E-state index in [4.69, 9.17) is 9.52 Å². The Labute approximate surface area is 109 Å². The molecule has 4 nitrogen and oxygen atoms in total. The average molecular weight is 273 g/mol. The maximum atomic E-state index is 12.8. The quantitative estimate of drug-likeness (QED) is 0.904. The molecule has 19 heavy (non-hydrogen) atoms. The summed E-state index contributed by atoms with van der Waals surface area (Å²) in [6.07, 6.45) is 0.859. The first kappa shape index (κ1) is 14.0. The number of halogens is 2. The highest BCUT2D eigenvalue weighted by Crippen LogP contribution is 2.47. The van der Waals surface area contributed by atoms with Gasteiger partial charge < -0.3 is 9.52 Å². The lowest BCUT2D eigenvalue weighted by molar-refractivity contribution is 0.0639. The van der Waals surface area contributed by atoms with Gasteiger partial charge in [0.15, 0.2) is 11.6 Å². The Bertz CT molecular complexity index is 482. The minimum Gasteiger partial charge on any atom is -0.475 e. The smallest absolute Gasteiger partial charge is 0.374 e. The van der Waals surface area contributed by atoms with E-state index in [1.165, 1.54) is 0 Å². The van der Waals surface area contributed by atoms with Crippen LogP contribution in [0.15, 0.2) is 4.42 Å². The summed E-state index contributed by atoms with van der Waals surface area (Å²) in [6, 6.07) is 0. The van der Waals surface area contributed by atoms with Crippen molar-refractivity contribution >= 4 is 5.97 Å². The number of carbonyl (C=O) groups is 1. The molecule has 1 fully saturated rings. The van der Waals surface area contributed by atoms with E-state index < -0.39 is 23.8 Å². The Kier molecular flexibility index (Phi) is 3.60. The summed E-state index contributed by atoms with van der Waals surface area (Å²) < 4.78 is 30.7. The second-order valence-electron chi connectivity index (χ2n) is 5.66. The predicted molar refractivity (Wildman–Crippen MR) is 63.4 cm³/mol. The summed E-state index contributed by atoms with van der Waals surface area (Å²) in [4.78, 5) is 14.7. The van der Waals surface area contributed by atoms with Crippen LogP contribution in [0.25, 0.3) is 0 Å². The van der Waals surface area contributed by atoms with Gasteiger partial charge in [0.2, 0.25) is 5.76 Å². The summed E-state index contributed by atoms with van der Waals surface area (Å²) in [7, 11) is 0. The van der Waals surface area contributed by atoms with Gasteiger partial charge in [-0.1, -0.05) is 26.7 Å². The van der Waals surface area contributed by atoms with E-state index in [2.05, 4.69) is 4.98 Å². The first-order valence-electron chi connectivity index (χ1n) is 6.35. The average Bonchev–Trinajstić information content (AvgIpc) is 2.73. The number of aromatic nitrogens is 1. The number of carboxylic acids is 1. The number of aromatic carboxylic acids is 1. The molecule has 0 bridgehead atoms. The number of rotatable bonds is 3. The van der Waals surface area contributed by atoms with E-state index in [1.54, 1.807) is 0 Å². The molecular weight excluding hydrogens is 256 g/mol. The maximum Gasteiger partial charge on any atom is 0.374 e. The summed E-state index contributed by atoms with van der Waals surface area (Å²) in [5, 5.41) is 8.89. The number of oxazole rings is 1. The van der Waals surface area contributed by atoms with E-state index in [0.717, 1.165) is 25.7 Å². The van der Waals surface area contributed by atoms with Gasteiger partial charge >= 0.3 is 5.97 Å². The predicted octanol–water partition coefficient (Wildman–Crippen LogP) is 3.99. The molecular formula is C13H17F2NO3. The highest BCUT2D eigenvalue weighted by molar-refractivity contribution is 5.85. The second kappa shape index (κ2) is 4.90. The fraction of sp³-hybridized carbons (Fsp3) is 0.692. The lowest BCUT2D eigenvalue weighted by Gasteiger charge is -2.36. The van der Waals surface area contributed by atoms with Crippen LogP contribution in [0.2, 0.25) is 0 Å². The van der Waals surface area contributed by atoms with Gasteiger partial charge in [-0.2, -0.15) is 0 Å². The number of carboxylic acid groups (broad SMARTS) is 1. The molecule has 0 radical (unpaired) electrons. The molecule has 0 amide bonds. The summed E-state index contributed by atoms with van der Waals surface area (Å²) in [5.41, 5.74) is -0.873. The second-order valence-corrected chi connectivity index (χ2v) is 5.66. The van der Waals surface area contributed by atoms with Crippen LogP contribution >= 0.6 is 0 Å². The van der Waals surface area contributed by atoms with Gasteiger partial charge in [-0.3, -0.25) is 0 Å². The molecule has 1 aliphatic carbocycles. The molecule has 1 saturated carbocycles. The standard InChI is InChI=1S/C13H17F2NO3/c1-13(2)6-4-3-5-7(13)11-16-8(10(14)15)9(19-11)12(17)18/h7,10H,3-6H2,1-2H3,(H,17,18). The van der Waals surface area contributed by atoms with Gasteiger partial charge in [0.05, 0.1) is 0 Å². The van der Waals surface area contributed by atoms with Crippen LogP contribution < -0.4 is 0 Å². The Morgan fingerprint density at radius 2 is 2.16 bits per heavy atom. The van der Waals surface area contributed by atoms with Crippen molar-refractivity contribution in [1.82, 2.24) is 4.98 Å². The number of hydrogen-bond donors (Lipinski definition) is 1. The number of hydrogen-bond acceptors (Lipinski definition) is 3. The van der Waals surface area contributed by atoms with Crippen LogP contribution in [0.4, 0.5) is 8.78 Å². The van der Waals surface area contributed by atoms with Crippen LogP contribution in [0.5, 0.6) is 0 Å². The van der Waals surface area contributed by atoms with Crippen molar-refractivity contribution in [2.24, 2.45) is 5.41 Å². The van der Waals surface area contributed by atoms with Crippen LogP contribution in [0, 0.1) is 5.41 Å². The zero-order valence-electron chi connectivity index (χ0n) is 10.9. The lowest BCUT2D eigenvalue weighted by atomic mass is 9.69. The topological polar surface area (TPSA) is 63.3 Å². The molecule has 1 aromatic rings. The van der Waals surface area contributed by atoms with Crippen LogP contribution in [0.3, 0.4) is 0 Å². The Balaban J connectivity index is 2.40. The Hall–Kier alpha value is -1.46. The van der Waals surface area contributed by atoms with Gasteiger partial charge in [-0.25, -0.2) is 18.6 Å². The SMILES string of the molecule is CC1(C)CCCCC1c1nc(C(F)F)c(C(=O)O)o1. The minimum atomic E-state index is -2.93. The maximum absolute atomic E-state index is 12.8. The van der Waals surface area contributed by atoms with Crippen molar-refractivity contribution in [3.05, 3.63) is 17.3 Å². The molecule has 0 aromatic carbocycles. The minimum absolute atomic E-state index is 0.105. The number of nitrogens with zero attached hydrogens (tertiary/aromatic N) is 1. The Morgan fingerprint density at radius 1 is 1.47 bits per heavy atom. The van der Waals surface area contributed by atoms with Crippen molar-refractivity contribution in [3.8, 4) is 0 Å². The summed E-state index contributed by atoms with van der Waals surface area (Å²) in [6.45, 7) is 4.06. The molecule has 0 aliphatic heterocycles. The van der Waals surface area contributed by atoms with E-state index in [0.29, 0.717) is 0 Å². The molecule has 1 aliphatic rings. The van der Waals surface area contributed by atoms with E-state index in [-0.39, 0.29) is 17.2 Å². The fourth-order valence-corrected chi connectivity index (χ4v) is 2.75. The van der Waals surface area contributed by atoms with Crippen molar-refractivity contribution < 1.29 is 23.1 Å². The highest BCUT2D eigenvalue weighted by atomic mass is 19.3. The van der Waals surface area contributed by atoms with E-state index in [1.807, 2.05) is 13.8 Å². The van der Waals surface area contributed by atoms with Crippen molar-refractivity contribution in [1.29, 1.82) is 0 Å². The molecule has 1 unspecified atom stereocenters. The molecule has 2 rings (SSSR count). The third-order valence-corrected chi connectivity index (χ3v) is 3.88. The zero-order valence-corrected chi connectivity index (χ0v) is 10.9. The summed E-state index contributed by atoms with van der Waals surface area (Å²) >= 11 is 0. The van der Waals surface area contributed by atoms with Crippen molar-refractivity contribution in [2.75, 3.05) is 0 Å². The van der Waals surface area contributed by atoms with Gasteiger partial charge in [0, 0.05) is 5.92 Å². The lowest BCUT2D eigenvalue weighted by Crippen LogP contribution is -2.26. The molecule has 0 saturated heterocycles. The molecule has 6 heteroatoms.